The predicted molar refractivity (Wildman–Crippen MR) is 77.2 cm³/mol. The number of rotatable bonds is 5. The fourth-order valence-corrected chi connectivity index (χ4v) is 3.10. The van der Waals surface area contributed by atoms with Crippen LogP contribution < -0.4 is 10.5 Å². The maximum atomic E-state index is 13.7. The van der Waals surface area contributed by atoms with Gasteiger partial charge in [0.25, 0.3) is 0 Å². The van der Waals surface area contributed by atoms with Crippen molar-refractivity contribution in [2.75, 3.05) is 5.73 Å². The highest BCUT2D eigenvalue weighted by molar-refractivity contribution is 7.89. The average molecular weight is 310 g/mol. The van der Waals surface area contributed by atoms with Gasteiger partial charge in [-0.25, -0.2) is 17.5 Å². The van der Waals surface area contributed by atoms with E-state index in [1.807, 2.05) is 0 Å². The molecule has 0 spiro atoms. The fraction of sp³-hybridized carbons (Fsp3) is 0.143. The lowest BCUT2D eigenvalue weighted by Crippen LogP contribution is -2.25. The van der Waals surface area contributed by atoms with E-state index in [2.05, 4.69) is 4.72 Å². The van der Waals surface area contributed by atoms with Gasteiger partial charge in [0.15, 0.2) is 0 Å². The standard InChI is InChI=1S/C14H15FN2O3S/c15-12-5-2-6-13(16)14(12)21(19,20)17-8-10-3-1-4-11(7-10)9-18/h1-7,17-18H,8-9,16H2. The second-order valence-electron chi connectivity index (χ2n) is 4.46. The van der Waals surface area contributed by atoms with Gasteiger partial charge in [0.2, 0.25) is 10.0 Å². The van der Waals surface area contributed by atoms with Gasteiger partial charge in [-0.3, -0.25) is 0 Å². The van der Waals surface area contributed by atoms with Crippen LogP contribution in [0.1, 0.15) is 11.1 Å². The lowest BCUT2D eigenvalue weighted by Gasteiger charge is -2.10. The molecule has 5 nitrogen and oxygen atoms in total. The Morgan fingerprint density at radius 2 is 1.81 bits per heavy atom. The number of halogens is 1. The van der Waals surface area contributed by atoms with E-state index in [0.717, 1.165) is 6.07 Å². The number of hydrogen-bond donors (Lipinski definition) is 3. The van der Waals surface area contributed by atoms with Crippen LogP contribution in [0.2, 0.25) is 0 Å². The molecule has 112 valence electrons. The Balaban J connectivity index is 2.22. The number of nitrogen functional groups attached to an aromatic ring is 1. The minimum Gasteiger partial charge on any atom is -0.398 e. The minimum absolute atomic E-state index is 0.0239. The first kappa shape index (κ1) is 15.4. The highest BCUT2D eigenvalue weighted by Gasteiger charge is 2.21. The molecule has 4 N–H and O–H groups in total. The molecule has 0 saturated heterocycles. The maximum absolute atomic E-state index is 13.7. The normalized spacial score (nSPS) is 11.5. The molecule has 0 heterocycles. The molecule has 0 fully saturated rings. The highest BCUT2D eigenvalue weighted by atomic mass is 32.2. The van der Waals surface area contributed by atoms with E-state index >= 15 is 0 Å². The van der Waals surface area contributed by atoms with Crippen LogP contribution in [0.15, 0.2) is 47.4 Å². The number of anilines is 1. The van der Waals surface area contributed by atoms with Gasteiger partial charge in [0.1, 0.15) is 10.7 Å². The van der Waals surface area contributed by atoms with Crippen LogP contribution in [0.5, 0.6) is 0 Å². The molecule has 7 heteroatoms. The Morgan fingerprint density at radius 1 is 1.14 bits per heavy atom. The summed E-state index contributed by atoms with van der Waals surface area (Å²) in [6, 6.07) is 10.5. The smallest absolute Gasteiger partial charge is 0.245 e. The molecule has 2 rings (SSSR count). The van der Waals surface area contributed by atoms with E-state index in [9.17, 15) is 12.8 Å². The van der Waals surface area contributed by atoms with Crippen molar-refractivity contribution < 1.29 is 17.9 Å². The van der Waals surface area contributed by atoms with Crippen molar-refractivity contribution in [3.63, 3.8) is 0 Å². The topological polar surface area (TPSA) is 92.4 Å². The lowest BCUT2D eigenvalue weighted by atomic mass is 10.1. The van der Waals surface area contributed by atoms with Crippen LogP contribution in [0, 0.1) is 5.82 Å². The Labute approximate surface area is 122 Å². The Morgan fingerprint density at radius 3 is 2.48 bits per heavy atom. The zero-order valence-electron chi connectivity index (χ0n) is 11.1. The van der Waals surface area contributed by atoms with Gasteiger partial charge in [-0.05, 0) is 23.3 Å². The molecule has 0 aliphatic rings. The Bertz CT molecular complexity index is 727. The van der Waals surface area contributed by atoms with Crippen LogP contribution >= 0.6 is 0 Å². The summed E-state index contributed by atoms with van der Waals surface area (Å²) < 4.78 is 40.2. The molecule has 0 aromatic heterocycles. The van der Waals surface area contributed by atoms with Crippen molar-refractivity contribution in [1.29, 1.82) is 0 Å². The zero-order chi connectivity index (χ0) is 15.5. The first-order valence-electron chi connectivity index (χ1n) is 6.16. The Hall–Kier alpha value is -1.96. The van der Waals surface area contributed by atoms with E-state index in [0.29, 0.717) is 11.1 Å². The van der Waals surface area contributed by atoms with Gasteiger partial charge < -0.3 is 10.8 Å². The van der Waals surface area contributed by atoms with E-state index in [-0.39, 0.29) is 18.8 Å². The SMILES string of the molecule is Nc1cccc(F)c1S(=O)(=O)NCc1cccc(CO)c1. The summed E-state index contributed by atoms with van der Waals surface area (Å²) in [5.41, 5.74) is 6.70. The van der Waals surface area contributed by atoms with Crippen LogP contribution in [-0.2, 0) is 23.2 Å². The Kier molecular flexibility index (Phi) is 4.56. The minimum atomic E-state index is -4.05. The monoisotopic (exact) mass is 310 g/mol. The van der Waals surface area contributed by atoms with Gasteiger partial charge in [-0.2, -0.15) is 0 Å². The number of nitrogens with one attached hydrogen (secondary N) is 1. The molecule has 2 aromatic rings. The average Bonchev–Trinajstić information content (AvgIpc) is 2.45. The molecule has 0 aliphatic carbocycles. The van der Waals surface area contributed by atoms with Gasteiger partial charge >= 0.3 is 0 Å². The van der Waals surface area contributed by atoms with Crippen LogP contribution in [0.3, 0.4) is 0 Å². The molecule has 0 bridgehead atoms. The van der Waals surface area contributed by atoms with Crippen LogP contribution in [0.25, 0.3) is 0 Å². The van der Waals surface area contributed by atoms with E-state index in [1.165, 1.54) is 12.1 Å². The summed E-state index contributed by atoms with van der Waals surface area (Å²) in [6.07, 6.45) is 0. The third-order valence-electron chi connectivity index (χ3n) is 2.91. The van der Waals surface area contributed by atoms with E-state index < -0.39 is 20.7 Å². The molecule has 0 unspecified atom stereocenters. The molecule has 0 atom stereocenters. The summed E-state index contributed by atoms with van der Waals surface area (Å²) in [6.45, 7) is -0.162. The lowest BCUT2D eigenvalue weighted by molar-refractivity contribution is 0.281. The highest BCUT2D eigenvalue weighted by Crippen LogP contribution is 2.21. The van der Waals surface area contributed by atoms with Crippen molar-refractivity contribution in [2.24, 2.45) is 0 Å². The van der Waals surface area contributed by atoms with Crippen LogP contribution in [0.4, 0.5) is 10.1 Å². The van der Waals surface area contributed by atoms with Crippen molar-refractivity contribution >= 4 is 15.7 Å². The number of sulfonamides is 1. The molecule has 0 radical (unpaired) electrons. The number of hydrogen-bond acceptors (Lipinski definition) is 4. The quantitative estimate of drug-likeness (QED) is 0.727. The van der Waals surface area contributed by atoms with Gasteiger partial charge in [-0.1, -0.05) is 30.3 Å². The molecular formula is C14H15FN2O3S. The fourth-order valence-electron chi connectivity index (χ4n) is 1.90. The van der Waals surface area contributed by atoms with Crippen molar-refractivity contribution in [3.8, 4) is 0 Å². The number of aliphatic hydroxyl groups excluding tert-OH is 1. The van der Waals surface area contributed by atoms with E-state index in [4.69, 9.17) is 10.8 Å². The van der Waals surface area contributed by atoms with Crippen molar-refractivity contribution in [2.45, 2.75) is 18.0 Å². The summed E-state index contributed by atoms with van der Waals surface area (Å²) in [5, 5.41) is 9.04. The summed E-state index contributed by atoms with van der Waals surface area (Å²) in [5.74, 6) is -0.897. The van der Waals surface area contributed by atoms with Crippen LogP contribution in [-0.4, -0.2) is 13.5 Å². The maximum Gasteiger partial charge on any atom is 0.245 e. The first-order chi connectivity index (χ1) is 9.94. The van der Waals surface area contributed by atoms with Gasteiger partial charge in [0, 0.05) is 6.54 Å². The molecule has 21 heavy (non-hydrogen) atoms. The first-order valence-corrected chi connectivity index (χ1v) is 7.64. The van der Waals surface area contributed by atoms with E-state index in [1.54, 1.807) is 24.3 Å². The van der Waals surface area contributed by atoms with Crippen molar-refractivity contribution in [3.05, 3.63) is 59.4 Å². The molecule has 0 aliphatic heterocycles. The van der Waals surface area contributed by atoms with Gasteiger partial charge in [-0.15, -0.1) is 0 Å². The third kappa shape index (κ3) is 3.57. The molecule has 0 saturated carbocycles. The van der Waals surface area contributed by atoms with Gasteiger partial charge in [0.05, 0.1) is 12.3 Å². The second kappa shape index (κ2) is 6.21. The molecule has 2 aromatic carbocycles. The zero-order valence-corrected chi connectivity index (χ0v) is 11.9. The largest absolute Gasteiger partial charge is 0.398 e. The molecule has 0 amide bonds. The molecular weight excluding hydrogens is 295 g/mol. The number of nitrogens with two attached hydrogens (primary N) is 1. The third-order valence-corrected chi connectivity index (χ3v) is 4.40. The van der Waals surface area contributed by atoms with Crippen molar-refractivity contribution in [1.82, 2.24) is 4.72 Å². The summed E-state index contributed by atoms with van der Waals surface area (Å²) in [4.78, 5) is -0.552. The second-order valence-corrected chi connectivity index (χ2v) is 6.16. The number of aliphatic hydroxyl groups is 1. The summed E-state index contributed by atoms with van der Waals surface area (Å²) >= 11 is 0. The number of benzene rings is 2. The summed E-state index contributed by atoms with van der Waals surface area (Å²) in [7, 11) is -4.05. The predicted octanol–water partition coefficient (Wildman–Crippen LogP) is 1.38.